The third-order valence-corrected chi connectivity index (χ3v) is 6.24. The lowest BCUT2D eigenvalue weighted by molar-refractivity contribution is -0.137. The molecule has 0 unspecified atom stereocenters. The molecule has 1 amide bonds. The smallest absolute Gasteiger partial charge is 0.396 e. The molecule has 2 aliphatic rings. The highest BCUT2D eigenvalue weighted by Gasteiger charge is 2.59. The third-order valence-electron chi connectivity index (χ3n) is 5.87. The molecule has 4 rings (SSSR count). The van der Waals surface area contributed by atoms with Gasteiger partial charge in [-0.2, -0.15) is 18.4 Å². The predicted octanol–water partition coefficient (Wildman–Crippen LogP) is 4.17. The van der Waals surface area contributed by atoms with Gasteiger partial charge >= 0.3 is 6.18 Å². The Morgan fingerprint density at radius 3 is 2.29 bits per heavy atom. The van der Waals surface area contributed by atoms with E-state index in [0.717, 1.165) is 29.0 Å². The fourth-order valence-electron chi connectivity index (χ4n) is 4.15. The van der Waals surface area contributed by atoms with E-state index >= 15 is 0 Å². The van der Waals surface area contributed by atoms with E-state index in [9.17, 15) is 18.0 Å². The number of benzene rings is 2. The number of hydrogen-bond acceptors (Lipinski definition) is 4. The van der Waals surface area contributed by atoms with Crippen LogP contribution < -0.4 is 9.80 Å². The monoisotopic (exact) mass is 445 g/mol. The van der Waals surface area contributed by atoms with E-state index in [2.05, 4.69) is 0 Å². The summed E-state index contributed by atoms with van der Waals surface area (Å²) >= 11 is 5.58. The van der Waals surface area contributed by atoms with Crippen molar-refractivity contribution < 1.29 is 23.1 Å². The van der Waals surface area contributed by atoms with Crippen LogP contribution in [-0.2, 0) is 17.4 Å². The molecule has 31 heavy (non-hydrogen) atoms. The van der Waals surface area contributed by atoms with Gasteiger partial charge in [-0.1, -0.05) is 12.1 Å². The van der Waals surface area contributed by atoms with Gasteiger partial charge in [0, 0.05) is 12.3 Å². The molecule has 2 aromatic carbocycles. The first kappa shape index (κ1) is 21.3. The van der Waals surface area contributed by atoms with Crippen LogP contribution >= 0.6 is 12.2 Å². The van der Waals surface area contributed by atoms with Crippen LogP contribution in [0.15, 0.2) is 42.5 Å². The van der Waals surface area contributed by atoms with Gasteiger partial charge in [0.1, 0.15) is 5.54 Å². The fraction of sp³-hybridized carbons (Fsp3) is 0.318. The van der Waals surface area contributed by atoms with Crippen molar-refractivity contribution in [3.05, 3.63) is 59.2 Å². The van der Waals surface area contributed by atoms with E-state index in [1.165, 1.54) is 6.07 Å². The predicted molar refractivity (Wildman–Crippen MR) is 113 cm³/mol. The number of aliphatic hydroxyl groups excluding tert-OH is 1. The molecule has 0 atom stereocenters. The number of anilines is 2. The SMILES string of the molecule is N#Cc1ccc(N2C(=O)C3(CCC3)N(c3ccc(CCO)cc3)C2=S)cc1C(F)(F)F. The number of nitrogens with zero attached hydrogens (tertiary/aromatic N) is 3. The summed E-state index contributed by atoms with van der Waals surface area (Å²) in [6.07, 6.45) is -2.34. The number of rotatable bonds is 4. The van der Waals surface area contributed by atoms with Gasteiger partial charge in [-0.25, -0.2) is 0 Å². The number of carbonyl (C=O) groups excluding carboxylic acids is 1. The van der Waals surface area contributed by atoms with Gasteiger partial charge in [0.15, 0.2) is 5.11 Å². The summed E-state index contributed by atoms with van der Waals surface area (Å²) in [6.45, 7) is 0.0118. The molecule has 1 spiro atoms. The van der Waals surface area contributed by atoms with Crippen LogP contribution in [0.5, 0.6) is 0 Å². The summed E-state index contributed by atoms with van der Waals surface area (Å²) in [5.41, 5.74) is -0.939. The Hall–Kier alpha value is -2.96. The van der Waals surface area contributed by atoms with E-state index in [1.807, 2.05) is 12.1 Å². The molecule has 1 N–H and O–H groups in total. The molecule has 1 saturated heterocycles. The maximum absolute atomic E-state index is 13.5. The zero-order chi connectivity index (χ0) is 22.4. The molecule has 9 heteroatoms. The highest BCUT2D eigenvalue weighted by Crippen LogP contribution is 2.48. The number of amides is 1. The number of alkyl halides is 3. The number of hydrogen-bond donors (Lipinski definition) is 1. The largest absolute Gasteiger partial charge is 0.417 e. The first-order valence-electron chi connectivity index (χ1n) is 9.73. The minimum Gasteiger partial charge on any atom is -0.396 e. The quantitative estimate of drug-likeness (QED) is 0.716. The van der Waals surface area contributed by atoms with Gasteiger partial charge in [0.05, 0.1) is 22.9 Å². The molecule has 0 aromatic heterocycles. The average molecular weight is 445 g/mol. The van der Waals surface area contributed by atoms with Gasteiger partial charge < -0.3 is 10.0 Å². The van der Waals surface area contributed by atoms with Crippen LogP contribution in [0.25, 0.3) is 0 Å². The molecule has 160 valence electrons. The second kappa shape index (κ2) is 7.62. The zero-order valence-electron chi connectivity index (χ0n) is 16.3. The Kier molecular flexibility index (Phi) is 5.23. The molecule has 2 aromatic rings. The van der Waals surface area contributed by atoms with Gasteiger partial charge in [0.25, 0.3) is 5.91 Å². The molecule has 0 bridgehead atoms. The molecular weight excluding hydrogens is 427 g/mol. The van der Waals surface area contributed by atoms with E-state index in [1.54, 1.807) is 23.1 Å². The molecule has 1 heterocycles. The summed E-state index contributed by atoms with van der Waals surface area (Å²) in [7, 11) is 0. The summed E-state index contributed by atoms with van der Waals surface area (Å²) in [5, 5.41) is 18.3. The summed E-state index contributed by atoms with van der Waals surface area (Å²) in [4.78, 5) is 16.3. The van der Waals surface area contributed by atoms with Crippen LogP contribution in [0.1, 0.15) is 36.0 Å². The number of thiocarbonyl (C=S) groups is 1. The topological polar surface area (TPSA) is 67.6 Å². The van der Waals surface area contributed by atoms with Crippen molar-refractivity contribution >= 4 is 34.6 Å². The fourth-order valence-corrected chi connectivity index (χ4v) is 4.62. The molecule has 1 aliphatic heterocycles. The lowest BCUT2D eigenvalue weighted by Gasteiger charge is -2.43. The first-order chi connectivity index (χ1) is 14.7. The summed E-state index contributed by atoms with van der Waals surface area (Å²) < 4.78 is 40.4. The molecule has 1 saturated carbocycles. The first-order valence-corrected chi connectivity index (χ1v) is 10.1. The van der Waals surface area contributed by atoms with E-state index in [-0.39, 0.29) is 23.3 Å². The Morgan fingerprint density at radius 2 is 1.77 bits per heavy atom. The van der Waals surface area contributed by atoms with Crippen molar-refractivity contribution in [2.24, 2.45) is 0 Å². The average Bonchev–Trinajstić information content (AvgIpc) is 2.94. The Bertz CT molecular complexity index is 1090. The zero-order valence-corrected chi connectivity index (χ0v) is 17.1. The molecule has 1 aliphatic carbocycles. The number of nitriles is 1. The maximum atomic E-state index is 13.5. The normalized spacial score (nSPS) is 17.8. The summed E-state index contributed by atoms with van der Waals surface area (Å²) in [5.74, 6) is -0.360. The maximum Gasteiger partial charge on any atom is 0.417 e. The number of halogens is 3. The molecule has 5 nitrogen and oxygen atoms in total. The Balaban J connectivity index is 1.77. The third kappa shape index (κ3) is 3.36. The van der Waals surface area contributed by atoms with Crippen molar-refractivity contribution in [3.8, 4) is 6.07 Å². The van der Waals surface area contributed by atoms with Crippen LogP contribution in [0.3, 0.4) is 0 Å². The molecule has 2 fully saturated rings. The van der Waals surface area contributed by atoms with Crippen LogP contribution in [-0.4, -0.2) is 28.3 Å². The van der Waals surface area contributed by atoms with Crippen LogP contribution in [0.2, 0.25) is 0 Å². The highest BCUT2D eigenvalue weighted by atomic mass is 32.1. The van der Waals surface area contributed by atoms with Gasteiger partial charge in [-0.05, 0) is 73.8 Å². The van der Waals surface area contributed by atoms with Crippen molar-refractivity contribution in [1.29, 1.82) is 5.26 Å². The van der Waals surface area contributed by atoms with Crippen molar-refractivity contribution in [2.45, 2.75) is 37.4 Å². The van der Waals surface area contributed by atoms with E-state index in [0.29, 0.717) is 24.9 Å². The standard InChI is InChI=1S/C22H18F3N3O2S/c23-22(24,25)18-12-17(7-4-15(18)13-26)27-19(30)21(9-1-10-21)28(20(27)31)16-5-2-14(3-6-16)8-11-29/h2-7,12,29H,1,8-11H2. The highest BCUT2D eigenvalue weighted by molar-refractivity contribution is 7.81. The van der Waals surface area contributed by atoms with Crippen LogP contribution in [0, 0.1) is 11.3 Å². The van der Waals surface area contributed by atoms with Crippen LogP contribution in [0.4, 0.5) is 24.5 Å². The Morgan fingerprint density at radius 1 is 1.13 bits per heavy atom. The van der Waals surface area contributed by atoms with E-state index < -0.39 is 22.8 Å². The minimum absolute atomic E-state index is 0.00741. The Labute approximate surface area is 182 Å². The van der Waals surface area contributed by atoms with Gasteiger partial charge in [0.2, 0.25) is 0 Å². The lowest BCUT2D eigenvalue weighted by Crippen LogP contribution is -2.55. The summed E-state index contributed by atoms with van der Waals surface area (Å²) in [6, 6.07) is 12.0. The number of carbonyl (C=O) groups is 1. The van der Waals surface area contributed by atoms with Crippen molar-refractivity contribution in [3.63, 3.8) is 0 Å². The number of aliphatic hydroxyl groups is 1. The molecular formula is C22H18F3N3O2S. The van der Waals surface area contributed by atoms with Crippen molar-refractivity contribution in [1.82, 2.24) is 0 Å². The molecule has 0 radical (unpaired) electrons. The second-order valence-corrected chi connectivity index (χ2v) is 7.99. The lowest BCUT2D eigenvalue weighted by atomic mass is 9.75. The van der Waals surface area contributed by atoms with E-state index in [4.69, 9.17) is 22.6 Å². The second-order valence-electron chi connectivity index (χ2n) is 7.62. The minimum atomic E-state index is -4.73. The van der Waals surface area contributed by atoms with Gasteiger partial charge in [-0.3, -0.25) is 9.69 Å². The van der Waals surface area contributed by atoms with Gasteiger partial charge in [-0.15, -0.1) is 0 Å². The van der Waals surface area contributed by atoms with Crippen molar-refractivity contribution in [2.75, 3.05) is 16.4 Å².